The lowest BCUT2D eigenvalue weighted by molar-refractivity contribution is -0.134. The Morgan fingerprint density at radius 1 is 1.57 bits per heavy atom. The SMILES string of the molecule is CCC1CCCN1C(=O)[C@@H](N)C(C)C. The summed E-state index contributed by atoms with van der Waals surface area (Å²) < 4.78 is 0. The molecule has 1 fully saturated rings. The number of hydrogen-bond acceptors (Lipinski definition) is 2. The molecular formula is C11H22N2O. The van der Waals surface area contributed by atoms with Gasteiger partial charge in [-0.05, 0) is 25.2 Å². The van der Waals surface area contributed by atoms with Crippen molar-refractivity contribution in [3.8, 4) is 0 Å². The lowest BCUT2D eigenvalue weighted by atomic mass is 10.0. The zero-order valence-electron chi connectivity index (χ0n) is 9.49. The van der Waals surface area contributed by atoms with Gasteiger partial charge in [-0.2, -0.15) is 0 Å². The Balaban J connectivity index is 2.59. The highest BCUT2D eigenvalue weighted by Crippen LogP contribution is 2.21. The molecule has 1 heterocycles. The van der Waals surface area contributed by atoms with Crippen LogP contribution in [0.3, 0.4) is 0 Å². The van der Waals surface area contributed by atoms with Crippen molar-refractivity contribution >= 4 is 5.91 Å². The predicted octanol–water partition coefficient (Wildman–Crippen LogP) is 1.37. The first kappa shape index (κ1) is 11.5. The molecule has 1 rings (SSSR count). The summed E-state index contributed by atoms with van der Waals surface area (Å²) in [4.78, 5) is 13.9. The van der Waals surface area contributed by atoms with E-state index in [0.29, 0.717) is 6.04 Å². The summed E-state index contributed by atoms with van der Waals surface area (Å²) in [5.41, 5.74) is 5.87. The maximum absolute atomic E-state index is 12.0. The number of likely N-dealkylation sites (tertiary alicyclic amines) is 1. The van der Waals surface area contributed by atoms with Crippen molar-refractivity contribution in [3.05, 3.63) is 0 Å². The van der Waals surface area contributed by atoms with Gasteiger partial charge >= 0.3 is 0 Å². The Hall–Kier alpha value is -0.570. The summed E-state index contributed by atoms with van der Waals surface area (Å²) in [5.74, 6) is 0.380. The van der Waals surface area contributed by atoms with Crippen molar-refractivity contribution in [2.45, 2.75) is 52.1 Å². The Morgan fingerprint density at radius 2 is 2.21 bits per heavy atom. The average molecular weight is 198 g/mol. The quantitative estimate of drug-likeness (QED) is 0.744. The topological polar surface area (TPSA) is 46.3 Å². The number of amides is 1. The fourth-order valence-corrected chi connectivity index (χ4v) is 2.03. The molecule has 2 N–H and O–H groups in total. The molecule has 3 nitrogen and oxygen atoms in total. The van der Waals surface area contributed by atoms with Gasteiger partial charge in [-0.3, -0.25) is 4.79 Å². The van der Waals surface area contributed by atoms with Crippen molar-refractivity contribution in [1.82, 2.24) is 4.90 Å². The fraction of sp³-hybridized carbons (Fsp3) is 0.909. The van der Waals surface area contributed by atoms with E-state index in [1.54, 1.807) is 0 Å². The minimum atomic E-state index is -0.317. The molecule has 0 aromatic heterocycles. The molecule has 82 valence electrons. The summed E-state index contributed by atoms with van der Waals surface area (Å²) in [7, 11) is 0. The molecule has 0 aromatic carbocycles. The fourth-order valence-electron chi connectivity index (χ4n) is 2.03. The van der Waals surface area contributed by atoms with Crippen LogP contribution in [0.2, 0.25) is 0 Å². The van der Waals surface area contributed by atoms with Crippen molar-refractivity contribution in [1.29, 1.82) is 0 Å². The van der Waals surface area contributed by atoms with E-state index in [0.717, 1.165) is 25.8 Å². The highest BCUT2D eigenvalue weighted by molar-refractivity contribution is 5.82. The first-order valence-corrected chi connectivity index (χ1v) is 5.64. The van der Waals surface area contributed by atoms with Crippen molar-refractivity contribution in [2.75, 3.05) is 6.54 Å². The average Bonchev–Trinajstić information content (AvgIpc) is 2.62. The van der Waals surface area contributed by atoms with E-state index in [4.69, 9.17) is 5.73 Å². The summed E-state index contributed by atoms with van der Waals surface area (Å²) >= 11 is 0. The minimum absolute atomic E-state index is 0.143. The van der Waals surface area contributed by atoms with Crippen molar-refractivity contribution < 1.29 is 4.79 Å². The van der Waals surface area contributed by atoms with Crippen LogP contribution in [0.4, 0.5) is 0 Å². The molecule has 1 amide bonds. The largest absolute Gasteiger partial charge is 0.338 e. The molecule has 1 unspecified atom stereocenters. The molecule has 1 saturated heterocycles. The van der Waals surface area contributed by atoms with Crippen LogP contribution < -0.4 is 5.73 Å². The molecule has 2 atom stereocenters. The van der Waals surface area contributed by atoms with Crippen LogP contribution in [-0.2, 0) is 4.79 Å². The number of nitrogens with zero attached hydrogens (tertiary/aromatic N) is 1. The van der Waals surface area contributed by atoms with E-state index < -0.39 is 0 Å². The molecule has 1 aliphatic rings. The highest BCUT2D eigenvalue weighted by Gasteiger charge is 2.31. The zero-order chi connectivity index (χ0) is 10.7. The molecule has 0 aliphatic carbocycles. The van der Waals surface area contributed by atoms with E-state index in [2.05, 4.69) is 6.92 Å². The maximum atomic E-state index is 12.0. The predicted molar refractivity (Wildman–Crippen MR) is 57.8 cm³/mol. The van der Waals surface area contributed by atoms with Crippen LogP contribution in [0.25, 0.3) is 0 Å². The Kier molecular flexibility index (Phi) is 3.93. The van der Waals surface area contributed by atoms with E-state index in [9.17, 15) is 4.79 Å². The number of rotatable bonds is 3. The minimum Gasteiger partial charge on any atom is -0.338 e. The van der Waals surface area contributed by atoms with Crippen LogP contribution in [-0.4, -0.2) is 29.4 Å². The molecule has 0 spiro atoms. The molecular weight excluding hydrogens is 176 g/mol. The molecule has 0 bridgehead atoms. The summed E-state index contributed by atoms with van der Waals surface area (Å²) in [6.07, 6.45) is 3.33. The second-order valence-corrected chi connectivity index (χ2v) is 4.51. The first-order valence-electron chi connectivity index (χ1n) is 5.64. The van der Waals surface area contributed by atoms with E-state index in [1.165, 1.54) is 0 Å². The van der Waals surface area contributed by atoms with Crippen molar-refractivity contribution in [2.24, 2.45) is 11.7 Å². The Morgan fingerprint density at radius 3 is 2.71 bits per heavy atom. The maximum Gasteiger partial charge on any atom is 0.239 e. The third-order valence-electron chi connectivity index (χ3n) is 3.13. The molecule has 0 saturated carbocycles. The lowest BCUT2D eigenvalue weighted by Crippen LogP contribution is -2.48. The number of hydrogen-bond donors (Lipinski definition) is 1. The van der Waals surface area contributed by atoms with E-state index >= 15 is 0 Å². The molecule has 1 aliphatic heterocycles. The molecule has 14 heavy (non-hydrogen) atoms. The van der Waals surface area contributed by atoms with Gasteiger partial charge in [0.2, 0.25) is 5.91 Å². The first-order chi connectivity index (χ1) is 6.57. The van der Waals surface area contributed by atoms with Gasteiger partial charge in [0.05, 0.1) is 6.04 Å². The van der Waals surface area contributed by atoms with Crippen LogP contribution in [0.1, 0.15) is 40.0 Å². The summed E-state index contributed by atoms with van der Waals surface area (Å²) in [5, 5.41) is 0. The Labute approximate surface area is 86.6 Å². The van der Waals surface area contributed by atoms with E-state index in [1.807, 2.05) is 18.7 Å². The van der Waals surface area contributed by atoms with Crippen LogP contribution in [0.15, 0.2) is 0 Å². The van der Waals surface area contributed by atoms with Gasteiger partial charge in [0.1, 0.15) is 0 Å². The van der Waals surface area contributed by atoms with Gasteiger partial charge < -0.3 is 10.6 Å². The second-order valence-electron chi connectivity index (χ2n) is 4.51. The third-order valence-corrected chi connectivity index (χ3v) is 3.13. The standard InChI is InChI=1S/C11H22N2O/c1-4-9-6-5-7-13(9)11(14)10(12)8(2)3/h8-10H,4-7,12H2,1-3H3/t9?,10-/m0/s1. The molecule has 3 heteroatoms. The Bertz CT molecular complexity index is 203. The van der Waals surface area contributed by atoms with Crippen LogP contribution in [0.5, 0.6) is 0 Å². The lowest BCUT2D eigenvalue weighted by Gasteiger charge is -2.28. The normalized spacial score (nSPS) is 24.4. The van der Waals surface area contributed by atoms with Gasteiger partial charge in [-0.25, -0.2) is 0 Å². The number of carbonyl (C=O) groups excluding carboxylic acids is 1. The van der Waals surface area contributed by atoms with Gasteiger partial charge in [-0.1, -0.05) is 20.8 Å². The van der Waals surface area contributed by atoms with Gasteiger partial charge in [0, 0.05) is 12.6 Å². The van der Waals surface area contributed by atoms with E-state index in [-0.39, 0.29) is 17.9 Å². The second kappa shape index (κ2) is 4.78. The van der Waals surface area contributed by atoms with Gasteiger partial charge in [-0.15, -0.1) is 0 Å². The van der Waals surface area contributed by atoms with Crippen molar-refractivity contribution in [3.63, 3.8) is 0 Å². The zero-order valence-corrected chi connectivity index (χ0v) is 9.49. The van der Waals surface area contributed by atoms with Gasteiger partial charge in [0.25, 0.3) is 0 Å². The summed E-state index contributed by atoms with van der Waals surface area (Å²) in [6.45, 7) is 7.04. The third kappa shape index (κ3) is 2.27. The van der Waals surface area contributed by atoms with Gasteiger partial charge in [0.15, 0.2) is 0 Å². The summed E-state index contributed by atoms with van der Waals surface area (Å²) in [6, 6.07) is 0.120. The smallest absolute Gasteiger partial charge is 0.239 e. The van der Waals surface area contributed by atoms with Crippen LogP contribution in [0, 0.1) is 5.92 Å². The molecule has 0 radical (unpaired) electrons. The van der Waals surface area contributed by atoms with Crippen LogP contribution >= 0.6 is 0 Å². The molecule has 0 aromatic rings. The highest BCUT2D eigenvalue weighted by atomic mass is 16.2. The monoisotopic (exact) mass is 198 g/mol. The number of nitrogens with two attached hydrogens (primary N) is 1. The number of carbonyl (C=O) groups is 1.